The van der Waals surface area contributed by atoms with Crippen molar-refractivity contribution in [2.75, 3.05) is 5.32 Å². The lowest BCUT2D eigenvalue weighted by atomic mass is 10.1. The van der Waals surface area contributed by atoms with Gasteiger partial charge in [0.25, 0.3) is 5.91 Å². The van der Waals surface area contributed by atoms with Gasteiger partial charge >= 0.3 is 0 Å². The topological polar surface area (TPSA) is 57.8 Å². The van der Waals surface area contributed by atoms with E-state index >= 15 is 0 Å². The van der Waals surface area contributed by atoms with E-state index in [4.69, 9.17) is 0 Å². The summed E-state index contributed by atoms with van der Waals surface area (Å²) in [4.78, 5) is 12.4. The zero-order valence-corrected chi connectivity index (χ0v) is 14.2. The fraction of sp³-hybridized carbons (Fsp3) is 0.263. The molecule has 0 aliphatic heterocycles. The molecule has 1 aromatic carbocycles. The summed E-state index contributed by atoms with van der Waals surface area (Å²) in [6, 6.07) is 9.69. The average Bonchev–Trinajstić information content (AvgIpc) is 2.76. The van der Waals surface area contributed by atoms with E-state index in [1.54, 1.807) is 6.08 Å². The fourth-order valence-electron chi connectivity index (χ4n) is 2.41. The summed E-state index contributed by atoms with van der Waals surface area (Å²) in [7, 11) is 1.96. The quantitative estimate of drug-likeness (QED) is 0.692. The average molecular weight is 307 g/mol. The molecule has 1 aromatic heterocycles. The first kappa shape index (κ1) is 16.6. The summed E-state index contributed by atoms with van der Waals surface area (Å²) in [5.41, 5.74) is 5.93. The Morgan fingerprint density at radius 2 is 1.96 bits per heavy atom. The molecule has 0 fully saturated rings. The smallest absolute Gasteiger partial charge is 0.266 e. The van der Waals surface area contributed by atoms with Crippen molar-refractivity contribution in [2.24, 2.45) is 7.05 Å². The van der Waals surface area contributed by atoms with Crippen LogP contribution in [0, 0.1) is 39.0 Å². The number of carbonyl (C=O) groups is 1. The molecule has 0 bridgehead atoms. The molecule has 0 atom stereocenters. The summed E-state index contributed by atoms with van der Waals surface area (Å²) in [6.07, 6.45) is 1.64. The third-order valence-corrected chi connectivity index (χ3v) is 4.33. The molecule has 0 saturated heterocycles. The summed E-state index contributed by atoms with van der Waals surface area (Å²) in [5, 5.41) is 12.2. The number of benzene rings is 1. The van der Waals surface area contributed by atoms with Gasteiger partial charge in [0.2, 0.25) is 0 Å². The molecule has 0 radical (unpaired) electrons. The third-order valence-electron chi connectivity index (χ3n) is 4.33. The lowest BCUT2D eigenvalue weighted by Crippen LogP contribution is -2.14. The third kappa shape index (κ3) is 3.35. The molecule has 0 aliphatic rings. The molecule has 2 aromatic rings. The normalized spacial score (nSPS) is 11.2. The van der Waals surface area contributed by atoms with E-state index < -0.39 is 0 Å². The van der Waals surface area contributed by atoms with Crippen LogP contribution in [0.5, 0.6) is 0 Å². The lowest BCUT2D eigenvalue weighted by molar-refractivity contribution is -0.112. The Kier molecular flexibility index (Phi) is 4.71. The number of aromatic nitrogens is 1. The molecule has 0 aliphatic carbocycles. The first-order chi connectivity index (χ1) is 10.8. The zero-order chi connectivity index (χ0) is 17.1. The van der Waals surface area contributed by atoms with Crippen LogP contribution in [0.2, 0.25) is 0 Å². The standard InChI is InChI=1S/C19H21N3O/c1-12-7-6-8-18(14(12)3)21-19(23)17(11-20)10-16-9-13(2)22(5)15(16)4/h6-10H,1-5H3,(H,21,23)/b17-10+. The summed E-state index contributed by atoms with van der Waals surface area (Å²) in [5.74, 6) is -0.387. The number of rotatable bonds is 3. The minimum atomic E-state index is -0.387. The van der Waals surface area contributed by atoms with Crippen LogP contribution >= 0.6 is 0 Å². The highest BCUT2D eigenvalue weighted by molar-refractivity contribution is 6.10. The first-order valence-corrected chi connectivity index (χ1v) is 7.47. The Morgan fingerprint density at radius 3 is 2.52 bits per heavy atom. The number of hydrogen-bond acceptors (Lipinski definition) is 2. The van der Waals surface area contributed by atoms with Crippen molar-refractivity contribution in [1.29, 1.82) is 5.26 Å². The van der Waals surface area contributed by atoms with E-state index in [-0.39, 0.29) is 11.5 Å². The number of carbonyl (C=O) groups excluding carboxylic acids is 1. The van der Waals surface area contributed by atoms with Crippen molar-refractivity contribution in [3.05, 3.63) is 57.9 Å². The van der Waals surface area contributed by atoms with Gasteiger partial charge in [-0.2, -0.15) is 5.26 Å². The molecule has 0 spiro atoms. The van der Waals surface area contributed by atoms with Gasteiger partial charge in [-0.3, -0.25) is 4.79 Å². The minimum absolute atomic E-state index is 0.0969. The van der Waals surface area contributed by atoms with Crippen molar-refractivity contribution in [1.82, 2.24) is 4.57 Å². The Bertz CT molecular complexity index is 835. The maximum atomic E-state index is 12.4. The second kappa shape index (κ2) is 6.53. The highest BCUT2D eigenvalue weighted by Gasteiger charge is 2.13. The van der Waals surface area contributed by atoms with Crippen LogP contribution in [-0.4, -0.2) is 10.5 Å². The van der Waals surface area contributed by atoms with Crippen LogP contribution < -0.4 is 5.32 Å². The van der Waals surface area contributed by atoms with Crippen molar-refractivity contribution in [3.8, 4) is 6.07 Å². The van der Waals surface area contributed by atoms with E-state index in [0.29, 0.717) is 0 Å². The molecule has 1 heterocycles. The molecule has 2 rings (SSSR count). The number of nitriles is 1. The van der Waals surface area contributed by atoms with Gasteiger partial charge in [0.05, 0.1) is 0 Å². The highest BCUT2D eigenvalue weighted by Crippen LogP contribution is 2.20. The number of anilines is 1. The van der Waals surface area contributed by atoms with Gasteiger partial charge in [0.15, 0.2) is 0 Å². The van der Waals surface area contributed by atoms with Gasteiger partial charge in [-0.1, -0.05) is 12.1 Å². The van der Waals surface area contributed by atoms with Gasteiger partial charge in [0.1, 0.15) is 11.6 Å². The van der Waals surface area contributed by atoms with Crippen molar-refractivity contribution >= 4 is 17.7 Å². The van der Waals surface area contributed by atoms with E-state index in [2.05, 4.69) is 5.32 Å². The monoisotopic (exact) mass is 307 g/mol. The maximum absolute atomic E-state index is 12.4. The molecule has 0 saturated carbocycles. The van der Waals surface area contributed by atoms with Crippen LogP contribution in [0.15, 0.2) is 29.8 Å². The van der Waals surface area contributed by atoms with Crippen LogP contribution in [0.1, 0.15) is 28.1 Å². The molecular weight excluding hydrogens is 286 g/mol. The van der Waals surface area contributed by atoms with Crippen LogP contribution in [0.25, 0.3) is 6.08 Å². The highest BCUT2D eigenvalue weighted by atomic mass is 16.1. The number of hydrogen-bond donors (Lipinski definition) is 1. The Morgan fingerprint density at radius 1 is 1.26 bits per heavy atom. The van der Waals surface area contributed by atoms with Crippen LogP contribution in [-0.2, 0) is 11.8 Å². The first-order valence-electron chi connectivity index (χ1n) is 7.47. The van der Waals surface area contributed by atoms with E-state index in [1.165, 1.54) is 0 Å². The van der Waals surface area contributed by atoms with Gasteiger partial charge < -0.3 is 9.88 Å². The number of aryl methyl sites for hydroxylation is 2. The second-order valence-electron chi connectivity index (χ2n) is 5.76. The van der Waals surface area contributed by atoms with Gasteiger partial charge in [0, 0.05) is 24.1 Å². The predicted molar refractivity (Wildman–Crippen MR) is 93.0 cm³/mol. The largest absolute Gasteiger partial charge is 0.352 e. The number of amides is 1. The summed E-state index contributed by atoms with van der Waals surface area (Å²) >= 11 is 0. The molecule has 4 nitrogen and oxygen atoms in total. The molecular formula is C19H21N3O. The molecule has 1 amide bonds. The van der Waals surface area contributed by atoms with E-state index in [9.17, 15) is 10.1 Å². The van der Waals surface area contributed by atoms with Gasteiger partial charge in [-0.05, 0) is 62.6 Å². The molecule has 23 heavy (non-hydrogen) atoms. The Hall–Kier alpha value is -2.80. The maximum Gasteiger partial charge on any atom is 0.266 e. The minimum Gasteiger partial charge on any atom is -0.352 e. The van der Waals surface area contributed by atoms with E-state index in [1.807, 2.05) is 69.6 Å². The van der Waals surface area contributed by atoms with E-state index in [0.717, 1.165) is 33.8 Å². The van der Waals surface area contributed by atoms with Gasteiger partial charge in [-0.25, -0.2) is 0 Å². The SMILES string of the molecule is Cc1cccc(NC(=O)/C(C#N)=C/c2cc(C)n(C)c2C)c1C. The van der Waals surface area contributed by atoms with Crippen molar-refractivity contribution < 1.29 is 4.79 Å². The molecule has 1 N–H and O–H groups in total. The Labute approximate surface area is 137 Å². The number of nitrogens with one attached hydrogen (secondary N) is 1. The summed E-state index contributed by atoms with van der Waals surface area (Å²) in [6.45, 7) is 7.90. The van der Waals surface area contributed by atoms with Crippen LogP contribution in [0.3, 0.4) is 0 Å². The van der Waals surface area contributed by atoms with Crippen LogP contribution in [0.4, 0.5) is 5.69 Å². The summed E-state index contributed by atoms with van der Waals surface area (Å²) < 4.78 is 2.03. The number of nitrogens with zero attached hydrogens (tertiary/aromatic N) is 2. The van der Waals surface area contributed by atoms with Crippen molar-refractivity contribution in [3.63, 3.8) is 0 Å². The molecule has 4 heteroatoms. The predicted octanol–water partition coefficient (Wildman–Crippen LogP) is 3.80. The van der Waals surface area contributed by atoms with Crippen molar-refractivity contribution in [2.45, 2.75) is 27.7 Å². The lowest BCUT2D eigenvalue weighted by Gasteiger charge is -2.09. The fourth-order valence-corrected chi connectivity index (χ4v) is 2.41. The second-order valence-corrected chi connectivity index (χ2v) is 5.76. The molecule has 118 valence electrons. The van der Waals surface area contributed by atoms with Gasteiger partial charge in [-0.15, -0.1) is 0 Å². The zero-order valence-electron chi connectivity index (χ0n) is 14.2. The Balaban J connectivity index is 2.32. The molecule has 0 unspecified atom stereocenters.